The van der Waals surface area contributed by atoms with Gasteiger partial charge in [0.1, 0.15) is 5.03 Å². The fourth-order valence-electron chi connectivity index (χ4n) is 1.60. The zero-order valence-corrected chi connectivity index (χ0v) is 12.4. The maximum absolute atomic E-state index is 4.48. The van der Waals surface area contributed by atoms with Gasteiger partial charge in [0, 0.05) is 23.3 Å². The fraction of sp³-hybridized carbons (Fsp3) is 0.385. The molecule has 0 saturated heterocycles. The summed E-state index contributed by atoms with van der Waals surface area (Å²) in [5, 5.41) is 6.43. The lowest BCUT2D eigenvalue weighted by molar-refractivity contribution is 0.595. The molecule has 0 aromatic carbocycles. The minimum atomic E-state index is 0.351. The third-order valence-corrected chi connectivity index (χ3v) is 4.57. The predicted molar refractivity (Wildman–Crippen MR) is 77.3 cm³/mol. The van der Waals surface area contributed by atoms with Gasteiger partial charge in [-0.25, -0.2) is 9.97 Å². The van der Waals surface area contributed by atoms with E-state index in [9.17, 15) is 0 Å². The molecule has 1 unspecified atom stereocenters. The van der Waals surface area contributed by atoms with Crippen molar-refractivity contribution >= 4 is 23.1 Å². The van der Waals surface area contributed by atoms with Crippen molar-refractivity contribution in [3.8, 4) is 0 Å². The molecule has 96 valence electrons. The molecule has 0 aliphatic carbocycles. The first-order chi connectivity index (χ1) is 8.69. The van der Waals surface area contributed by atoms with Gasteiger partial charge in [0.15, 0.2) is 4.34 Å². The van der Waals surface area contributed by atoms with Gasteiger partial charge < -0.3 is 5.32 Å². The molecule has 0 fully saturated rings. The van der Waals surface area contributed by atoms with Crippen LogP contribution in [0.25, 0.3) is 0 Å². The number of hydrogen-bond donors (Lipinski definition) is 1. The number of nitrogens with zero attached hydrogens (tertiary/aromatic N) is 2. The topological polar surface area (TPSA) is 37.8 Å². The van der Waals surface area contributed by atoms with Gasteiger partial charge in [0.05, 0.1) is 0 Å². The number of pyridine rings is 1. The van der Waals surface area contributed by atoms with Gasteiger partial charge in [-0.05, 0) is 43.8 Å². The lowest BCUT2D eigenvalue weighted by Gasteiger charge is -2.12. The molecular formula is C13H17N3S2. The van der Waals surface area contributed by atoms with E-state index in [1.54, 1.807) is 23.1 Å². The summed E-state index contributed by atoms with van der Waals surface area (Å²) in [4.78, 5) is 8.90. The van der Waals surface area contributed by atoms with Crippen LogP contribution in [0.2, 0.25) is 0 Å². The predicted octanol–water partition coefficient (Wildman–Crippen LogP) is 3.67. The molecule has 0 aliphatic heterocycles. The van der Waals surface area contributed by atoms with Crippen LogP contribution in [-0.2, 0) is 0 Å². The molecule has 0 aliphatic rings. The summed E-state index contributed by atoms with van der Waals surface area (Å²) in [6, 6.07) is 4.54. The van der Waals surface area contributed by atoms with Crippen molar-refractivity contribution in [2.24, 2.45) is 0 Å². The van der Waals surface area contributed by atoms with Crippen molar-refractivity contribution in [1.82, 2.24) is 15.3 Å². The average Bonchev–Trinajstić information content (AvgIpc) is 2.76. The highest BCUT2D eigenvalue weighted by molar-refractivity contribution is 8.01. The first-order valence-electron chi connectivity index (χ1n) is 5.98. The van der Waals surface area contributed by atoms with E-state index in [0.717, 1.165) is 21.6 Å². The maximum atomic E-state index is 4.48. The third-order valence-electron chi connectivity index (χ3n) is 2.56. The van der Waals surface area contributed by atoms with Crippen molar-refractivity contribution in [1.29, 1.82) is 0 Å². The molecule has 2 aromatic rings. The summed E-state index contributed by atoms with van der Waals surface area (Å²) in [5.74, 6) is 0. The molecule has 2 aromatic heterocycles. The second-order valence-corrected chi connectivity index (χ2v) is 6.19. The summed E-state index contributed by atoms with van der Waals surface area (Å²) >= 11 is 3.28. The molecule has 0 amide bonds. The highest BCUT2D eigenvalue weighted by atomic mass is 32.2. The Hall–Kier alpha value is -0.910. The van der Waals surface area contributed by atoms with Crippen LogP contribution in [0.3, 0.4) is 0 Å². The van der Waals surface area contributed by atoms with Gasteiger partial charge in [-0.3, -0.25) is 0 Å². The molecule has 5 heteroatoms. The van der Waals surface area contributed by atoms with Crippen LogP contribution in [0.15, 0.2) is 33.1 Å². The summed E-state index contributed by atoms with van der Waals surface area (Å²) in [5.41, 5.74) is 2.29. The summed E-state index contributed by atoms with van der Waals surface area (Å²) < 4.78 is 1.05. The number of rotatable bonds is 5. The van der Waals surface area contributed by atoms with Crippen molar-refractivity contribution in [3.63, 3.8) is 0 Å². The van der Waals surface area contributed by atoms with Crippen LogP contribution < -0.4 is 5.32 Å². The van der Waals surface area contributed by atoms with E-state index in [4.69, 9.17) is 0 Å². The highest BCUT2D eigenvalue weighted by Crippen LogP contribution is 2.29. The minimum absolute atomic E-state index is 0.351. The van der Waals surface area contributed by atoms with Crippen LogP contribution in [0.1, 0.15) is 31.1 Å². The van der Waals surface area contributed by atoms with Gasteiger partial charge in [-0.2, -0.15) is 0 Å². The van der Waals surface area contributed by atoms with Crippen LogP contribution in [0.5, 0.6) is 0 Å². The van der Waals surface area contributed by atoms with E-state index in [-0.39, 0.29) is 0 Å². The second-order valence-electron chi connectivity index (χ2n) is 4.07. The molecule has 2 rings (SSSR count). The Morgan fingerprint density at radius 3 is 2.83 bits per heavy atom. The Kier molecular flexibility index (Phi) is 4.74. The smallest absolute Gasteiger partial charge is 0.156 e. The van der Waals surface area contributed by atoms with Crippen LogP contribution >= 0.6 is 23.1 Å². The number of aromatic nitrogens is 2. The van der Waals surface area contributed by atoms with Crippen LogP contribution in [0.4, 0.5) is 0 Å². The van der Waals surface area contributed by atoms with E-state index in [1.807, 2.05) is 13.1 Å². The van der Waals surface area contributed by atoms with E-state index in [1.165, 1.54) is 5.56 Å². The molecule has 0 radical (unpaired) electrons. The monoisotopic (exact) mass is 279 g/mol. The third kappa shape index (κ3) is 3.54. The molecule has 0 spiro atoms. The largest absolute Gasteiger partial charge is 0.310 e. The Morgan fingerprint density at radius 2 is 2.28 bits per heavy atom. The Morgan fingerprint density at radius 1 is 1.44 bits per heavy atom. The minimum Gasteiger partial charge on any atom is -0.310 e. The van der Waals surface area contributed by atoms with Gasteiger partial charge in [-0.1, -0.05) is 13.0 Å². The van der Waals surface area contributed by atoms with Crippen molar-refractivity contribution < 1.29 is 0 Å². The van der Waals surface area contributed by atoms with Gasteiger partial charge in [-0.15, -0.1) is 11.3 Å². The SMILES string of the molecule is CCNC(C)c1ccc(Sc2nc(C)cs2)nc1. The van der Waals surface area contributed by atoms with Gasteiger partial charge in [0.2, 0.25) is 0 Å². The molecule has 1 atom stereocenters. The molecule has 0 bridgehead atoms. The van der Waals surface area contributed by atoms with E-state index >= 15 is 0 Å². The molecule has 1 N–H and O–H groups in total. The summed E-state index contributed by atoms with van der Waals surface area (Å²) in [7, 11) is 0. The van der Waals surface area contributed by atoms with E-state index in [0.29, 0.717) is 6.04 Å². The number of thiazole rings is 1. The Labute approximate surface area is 116 Å². The second kappa shape index (κ2) is 6.31. The first kappa shape index (κ1) is 13.5. The lowest BCUT2D eigenvalue weighted by Crippen LogP contribution is -2.17. The summed E-state index contributed by atoms with van der Waals surface area (Å²) in [6.07, 6.45) is 1.94. The Bertz CT molecular complexity index is 493. The van der Waals surface area contributed by atoms with E-state index < -0.39 is 0 Å². The average molecular weight is 279 g/mol. The van der Waals surface area contributed by atoms with Gasteiger partial charge >= 0.3 is 0 Å². The van der Waals surface area contributed by atoms with Crippen molar-refractivity contribution in [2.75, 3.05) is 6.54 Å². The molecule has 18 heavy (non-hydrogen) atoms. The lowest BCUT2D eigenvalue weighted by atomic mass is 10.1. The molecule has 3 nitrogen and oxygen atoms in total. The highest BCUT2D eigenvalue weighted by Gasteiger charge is 2.06. The summed E-state index contributed by atoms with van der Waals surface area (Å²) in [6.45, 7) is 7.24. The van der Waals surface area contributed by atoms with Gasteiger partial charge in [0.25, 0.3) is 0 Å². The normalized spacial score (nSPS) is 12.6. The van der Waals surface area contributed by atoms with Crippen molar-refractivity contribution in [2.45, 2.75) is 36.2 Å². The standard InChI is InChI=1S/C13H17N3S2/c1-4-14-10(3)11-5-6-12(15-7-11)18-13-16-9(2)8-17-13/h5-8,10,14H,4H2,1-3H3. The van der Waals surface area contributed by atoms with Crippen LogP contribution in [0, 0.1) is 6.92 Å². The zero-order valence-electron chi connectivity index (χ0n) is 10.8. The maximum Gasteiger partial charge on any atom is 0.156 e. The molecule has 2 heterocycles. The van der Waals surface area contributed by atoms with E-state index in [2.05, 4.69) is 46.6 Å². The number of nitrogens with one attached hydrogen (secondary N) is 1. The molecular weight excluding hydrogens is 262 g/mol. The zero-order chi connectivity index (χ0) is 13.0. The first-order valence-corrected chi connectivity index (χ1v) is 7.68. The Balaban J connectivity index is 2.03. The fourth-order valence-corrected chi connectivity index (χ4v) is 3.32. The number of hydrogen-bond acceptors (Lipinski definition) is 5. The quantitative estimate of drug-likeness (QED) is 0.906. The number of aryl methyl sites for hydroxylation is 1. The van der Waals surface area contributed by atoms with Crippen molar-refractivity contribution in [3.05, 3.63) is 35.0 Å². The molecule has 0 saturated carbocycles. The van der Waals surface area contributed by atoms with Crippen LogP contribution in [-0.4, -0.2) is 16.5 Å².